The Bertz CT molecular complexity index is 627. The summed E-state index contributed by atoms with van der Waals surface area (Å²) in [5, 5.41) is 9.17. The lowest BCUT2D eigenvalue weighted by Crippen LogP contribution is -1.91. The molecule has 0 aliphatic rings. The number of hydrogen-bond donors (Lipinski definition) is 1. The molecular weight excluding hydrogens is 238 g/mol. The summed E-state index contributed by atoms with van der Waals surface area (Å²) < 4.78 is 0. The molecule has 94 valence electrons. The fourth-order valence-electron chi connectivity index (χ4n) is 1.65. The molecule has 0 spiro atoms. The summed E-state index contributed by atoms with van der Waals surface area (Å²) in [6, 6.07) is 13.7. The minimum Gasteiger partial charge on any atom is -0.508 e. The first-order valence-electron chi connectivity index (χ1n) is 5.77. The van der Waals surface area contributed by atoms with Gasteiger partial charge in [0, 0.05) is 11.8 Å². The van der Waals surface area contributed by atoms with Gasteiger partial charge in [-0.2, -0.15) is 0 Å². The molecule has 0 aliphatic carbocycles. The third kappa shape index (κ3) is 3.16. The third-order valence-electron chi connectivity index (χ3n) is 2.65. The van der Waals surface area contributed by atoms with Crippen molar-refractivity contribution >= 4 is 23.8 Å². The number of rotatable bonds is 4. The second-order valence-corrected chi connectivity index (χ2v) is 4.00. The van der Waals surface area contributed by atoms with Crippen LogP contribution >= 0.6 is 0 Å². The molecule has 19 heavy (non-hydrogen) atoms. The maximum Gasteiger partial charge on any atom is 0.150 e. The molecule has 0 aliphatic heterocycles. The number of nitrogens with zero attached hydrogens (tertiary/aromatic N) is 1. The molecule has 2 aromatic rings. The molecule has 3 nitrogen and oxygen atoms in total. The Balaban J connectivity index is 2.21. The molecule has 1 N–H and O–H groups in total. The smallest absolute Gasteiger partial charge is 0.150 e. The first kappa shape index (κ1) is 12.8. The topological polar surface area (TPSA) is 49.7 Å². The fourth-order valence-corrected chi connectivity index (χ4v) is 1.65. The predicted molar refractivity (Wildman–Crippen MR) is 77.1 cm³/mol. The van der Waals surface area contributed by atoms with E-state index < -0.39 is 0 Å². The zero-order valence-electron chi connectivity index (χ0n) is 10.3. The Kier molecular flexibility index (Phi) is 3.88. The van der Waals surface area contributed by atoms with Crippen LogP contribution in [-0.4, -0.2) is 17.6 Å². The van der Waals surface area contributed by atoms with Gasteiger partial charge in [0.2, 0.25) is 0 Å². The molecule has 0 heterocycles. The average Bonchev–Trinajstić information content (AvgIpc) is 2.46. The van der Waals surface area contributed by atoms with E-state index in [0.29, 0.717) is 16.8 Å². The van der Waals surface area contributed by atoms with E-state index in [-0.39, 0.29) is 5.75 Å². The van der Waals surface area contributed by atoms with E-state index in [0.717, 1.165) is 11.8 Å². The van der Waals surface area contributed by atoms with Crippen LogP contribution in [0.25, 0.3) is 5.57 Å². The van der Waals surface area contributed by atoms with Crippen LogP contribution in [0.5, 0.6) is 5.75 Å². The number of phenolic OH excluding ortho intramolecular Hbond substituents is 1. The third-order valence-corrected chi connectivity index (χ3v) is 2.65. The average molecular weight is 251 g/mol. The molecule has 0 saturated carbocycles. The molecule has 0 aromatic heterocycles. The van der Waals surface area contributed by atoms with Crippen LogP contribution in [0.1, 0.15) is 15.9 Å². The normalized spacial score (nSPS) is 10.5. The van der Waals surface area contributed by atoms with E-state index in [1.54, 1.807) is 42.6 Å². The standard InChI is InChI=1S/C16H13NO2/c1-12(16-5-3-2-4-13(16)11-18)10-17-14-6-8-15(19)9-7-14/h2-11,19H,1H2. The number of aldehydes is 1. The van der Waals surface area contributed by atoms with E-state index >= 15 is 0 Å². The van der Waals surface area contributed by atoms with Crippen molar-refractivity contribution in [3.63, 3.8) is 0 Å². The minimum atomic E-state index is 0.198. The van der Waals surface area contributed by atoms with Crippen LogP contribution in [-0.2, 0) is 0 Å². The Morgan fingerprint density at radius 3 is 2.47 bits per heavy atom. The fraction of sp³-hybridized carbons (Fsp3) is 0. The Hall–Kier alpha value is -2.68. The lowest BCUT2D eigenvalue weighted by Gasteiger charge is -2.03. The summed E-state index contributed by atoms with van der Waals surface area (Å²) in [6.45, 7) is 3.91. The molecule has 0 atom stereocenters. The summed E-state index contributed by atoms with van der Waals surface area (Å²) in [6.07, 6.45) is 2.41. The summed E-state index contributed by atoms with van der Waals surface area (Å²) in [4.78, 5) is 15.2. The van der Waals surface area contributed by atoms with Gasteiger partial charge in [0.15, 0.2) is 6.29 Å². The molecule has 0 radical (unpaired) electrons. The Labute approximate surface area is 111 Å². The first-order valence-corrected chi connectivity index (χ1v) is 5.77. The van der Waals surface area contributed by atoms with E-state index in [1.165, 1.54) is 0 Å². The number of hydrogen-bond acceptors (Lipinski definition) is 3. The van der Waals surface area contributed by atoms with E-state index in [4.69, 9.17) is 0 Å². The van der Waals surface area contributed by atoms with Crippen LogP contribution in [0.15, 0.2) is 60.1 Å². The van der Waals surface area contributed by atoms with Gasteiger partial charge in [-0.25, -0.2) is 0 Å². The van der Waals surface area contributed by atoms with Crippen molar-refractivity contribution in [1.82, 2.24) is 0 Å². The largest absolute Gasteiger partial charge is 0.508 e. The van der Waals surface area contributed by atoms with Crippen molar-refractivity contribution in [2.45, 2.75) is 0 Å². The Morgan fingerprint density at radius 2 is 1.79 bits per heavy atom. The molecule has 0 bridgehead atoms. The van der Waals surface area contributed by atoms with E-state index in [9.17, 15) is 9.90 Å². The number of phenols is 1. The highest BCUT2D eigenvalue weighted by Crippen LogP contribution is 2.19. The van der Waals surface area contributed by atoms with Crippen molar-refractivity contribution in [2.24, 2.45) is 4.99 Å². The summed E-state index contributed by atoms with van der Waals surface area (Å²) in [7, 11) is 0. The Morgan fingerprint density at radius 1 is 1.11 bits per heavy atom. The van der Waals surface area contributed by atoms with Crippen LogP contribution in [0.4, 0.5) is 5.69 Å². The van der Waals surface area contributed by atoms with Gasteiger partial charge in [0.1, 0.15) is 5.75 Å². The van der Waals surface area contributed by atoms with Crippen molar-refractivity contribution in [2.75, 3.05) is 0 Å². The van der Waals surface area contributed by atoms with Crippen molar-refractivity contribution < 1.29 is 9.90 Å². The molecule has 3 heteroatoms. The zero-order chi connectivity index (χ0) is 13.7. The van der Waals surface area contributed by atoms with Crippen molar-refractivity contribution in [3.05, 3.63) is 66.2 Å². The second-order valence-electron chi connectivity index (χ2n) is 4.00. The van der Waals surface area contributed by atoms with Crippen LogP contribution in [0, 0.1) is 0 Å². The number of benzene rings is 2. The van der Waals surface area contributed by atoms with Gasteiger partial charge in [-0.05, 0) is 35.4 Å². The van der Waals surface area contributed by atoms with E-state index in [1.807, 2.05) is 12.1 Å². The molecule has 0 fully saturated rings. The van der Waals surface area contributed by atoms with Gasteiger partial charge >= 0.3 is 0 Å². The minimum absolute atomic E-state index is 0.198. The SMILES string of the molecule is C=C(C=Nc1ccc(O)cc1)c1ccccc1C=O. The molecule has 0 unspecified atom stereocenters. The number of allylic oxidation sites excluding steroid dienone is 1. The number of carbonyl (C=O) groups excluding carboxylic acids is 1. The monoisotopic (exact) mass is 251 g/mol. The lowest BCUT2D eigenvalue weighted by atomic mass is 10.0. The predicted octanol–water partition coefficient (Wildman–Crippen LogP) is 3.62. The van der Waals surface area contributed by atoms with Gasteiger partial charge in [-0.1, -0.05) is 30.8 Å². The van der Waals surface area contributed by atoms with Crippen LogP contribution in [0.2, 0.25) is 0 Å². The first-order chi connectivity index (χ1) is 9.20. The highest BCUT2D eigenvalue weighted by Gasteiger charge is 2.02. The maximum absolute atomic E-state index is 10.9. The maximum atomic E-state index is 10.9. The van der Waals surface area contributed by atoms with Crippen LogP contribution in [0.3, 0.4) is 0 Å². The number of aromatic hydroxyl groups is 1. The highest BCUT2D eigenvalue weighted by atomic mass is 16.3. The van der Waals surface area contributed by atoms with Gasteiger partial charge in [-0.3, -0.25) is 9.79 Å². The zero-order valence-corrected chi connectivity index (χ0v) is 10.3. The summed E-state index contributed by atoms with van der Waals surface area (Å²) in [5.74, 6) is 0.198. The van der Waals surface area contributed by atoms with E-state index in [2.05, 4.69) is 11.6 Å². The second kappa shape index (κ2) is 5.78. The van der Waals surface area contributed by atoms with Crippen LogP contribution < -0.4 is 0 Å². The quantitative estimate of drug-likeness (QED) is 0.666. The number of aliphatic imine (C=N–C) groups is 1. The molecular formula is C16H13NO2. The summed E-state index contributed by atoms with van der Waals surface area (Å²) in [5.41, 5.74) is 2.72. The summed E-state index contributed by atoms with van der Waals surface area (Å²) >= 11 is 0. The molecule has 2 aromatic carbocycles. The van der Waals surface area contributed by atoms with Gasteiger partial charge < -0.3 is 5.11 Å². The van der Waals surface area contributed by atoms with Crippen molar-refractivity contribution in [3.8, 4) is 5.75 Å². The van der Waals surface area contributed by atoms with Gasteiger partial charge in [0.05, 0.1) is 5.69 Å². The van der Waals surface area contributed by atoms with Gasteiger partial charge in [0.25, 0.3) is 0 Å². The highest BCUT2D eigenvalue weighted by molar-refractivity contribution is 6.11. The molecule has 0 amide bonds. The number of carbonyl (C=O) groups is 1. The molecule has 0 saturated heterocycles. The lowest BCUT2D eigenvalue weighted by molar-refractivity contribution is 0.112. The van der Waals surface area contributed by atoms with Crippen molar-refractivity contribution in [1.29, 1.82) is 0 Å². The molecule has 2 rings (SSSR count). The van der Waals surface area contributed by atoms with Gasteiger partial charge in [-0.15, -0.1) is 0 Å².